The molecule has 1 aromatic carbocycles. The van der Waals surface area contributed by atoms with Crippen molar-refractivity contribution < 1.29 is 9.90 Å². The van der Waals surface area contributed by atoms with Crippen LogP contribution in [0.2, 0.25) is 0 Å². The molecule has 106 valence electrons. The SMILES string of the molecule is O=C(NCCCO)c1nnc2ccc3ccccc3nc1-2. The van der Waals surface area contributed by atoms with Crippen LogP contribution in [0, 0.1) is 0 Å². The average molecular weight is 282 g/mol. The maximum atomic E-state index is 12.1. The Morgan fingerprint density at radius 3 is 2.86 bits per heavy atom. The van der Waals surface area contributed by atoms with E-state index >= 15 is 0 Å². The number of amides is 1. The molecular formula is C15H14N4O2. The van der Waals surface area contributed by atoms with E-state index in [0.717, 1.165) is 10.9 Å². The molecule has 0 aromatic heterocycles. The van der Waals surface area contributed by atoms with Crippen LogP contribution in [0.5, 0.6) is 0 Å². The van der Waals surface area contributed by atoms with E-state index in [-0.39, 0.29) is 18.2 Å². The fourth-order valence-corrected chi connectivity index (χ4v) is 2.08. The van der Waals surface area contributed by atoms with E-state index in [2.05, 4.69) is 20.5 Å². The monoisotopic (exact) mass is 282 g/mol. The third kappa shape index (κ3) is 2.66. The van der Waals surface area contributed by atoms with Crippen molar-refractivity contribution in [3.05, 3.63) is 42.1 Å². The van der Waals surface area contributed by atoms with Gasteiger partial charge in [0.15, 0.2) is 5.69 Å². The number of nitrogens with zero attached hydrogens (tertiary/aromatic N) is 3. The number of hydrogen-bond donors (Lipinski definition) is 2. The Bertz CT molecular complexity index is 760. The number of benzene rings is 1. The van der Waals surface area contributed by atoms with Crippen molar-refractivity contribution in [2.75, 3.05) is 13.2 Å². The van der Waals surface area contributed by atoms with Crippen molar-refractivity contribution in [2.45, 2.75) is 6.42 Å². The van der Waals surface area contributed by atoms with Gasteiger partial charge in [0.1, 0.15) is 11.4 Å². The molecule has 0 saturated carbocycles. The van der Waals surface area contributed by atoms with Crippen LogP contribution in [0.3, 0.4) is 0 Å². The van der Waals surface area contributed by atoms with Crippen molar-refractivity contribution in [2.24, 2.45) is 0 Å². The van der Waals surface area contributed by atoms with E-state index in [1.807, 2.05) is 36.4 Å². The predicted molar refractivity (Wildman–Crippen MR) is 78.0 cm³/mol. The van der Waals surface area contributed by atoms with Gasteiger partial charge in [0.05, 0.1) is 5.52 Å². The number of fused-ring (bicyclic) bond motifs is 2. The fourth-order valence-electron chi connectivity index (χ4n) is 2.08. The van der Waals surface area contributed by atoms with Gasteiger partial charge < -0.3 is 10.4 Å². The van der Waals surface area contributed by atoms with Gasteiger partial charge in [0.2, 0.25) is 0 Å². The number of nitrogens with one attached hydrogen (secondary N) is 1. The summed E-state index contributed by atoms with van der Waals surface area (Å²) in [5.74, 6) is -0.325. The van der Waals surface area contributed by atoms with Crippen LogP contribution in [0.15, 0.2) is 36.4 Å². The first-order valence-electron chi connectivity index (χ1n) is 6.71. The number of aliphatic hydroxyl groups is 1. The summed E-state index contributed by atoms with van der Waals surface area (Å²) in [4.78, 5) is 16.6. The molecule has 2 aliphatic heterocycles. The van der Waals surface area contributed by atoms with Crippen LogP contribution >= 0.6 is 0 Å². The summed E-state index contributed by atoms with van der Waals surface area (Å²) < 4.78 is 0. The van der Waals surface area contributed by atoms with Crippen LogP contribution in [0.4, 0.5) is 0 Å². The zero-order valence-electron chi connectivity index (χ0n) is 11.3. The largest absolute Gasteiger partial charge is 0.396 e. The van der Waals surface area contributed by atoms with Crippen molar-refractivity contribution >= 4 is 16.8 Å². The molecule has 0 spiro atoms. The second-order valence-corrected chi connectivity index (χ2v) is 4.62. The minimum absolute atomic E-state index is 0.0333. The predicted octanol–water partition coefficient (Wildman–Crippen LogP) is 1.24. The van der Waals surface area contributed by atoms with Gasteiger partial charge in [-0.2, -0.15) is 0 Å². The first kappa shape index (κ1) is 13.4. The number of aromatic nitrogens is 3. The summed E-state index contributed by atoms with van der Waals surface area (Å²) >= 11 is 0. The van der Waals surface area contributed by atoms with Crippen molar-refractivity contribution in [3.8, 4) is 11.4 Å². The third-order valence-corrected chi connectivity index (χ3v) is 3.15. The lowest BCUT2D eigenvalue weighted by Crippen LogP contribution is -2.25. The highest BCUT2D eigenvalue weighted by Gasteiger charge is 2.20. The molecular weight excluding hydrogens is 268 g/mol. The second kappa shape index (κ2) is 5.80. The second-order valence-electron chi connectivity index (χ2n) is 4.62. The molecule has 0 fully saturated rings. The zero-order valence-corrected chi connectivity index (χ0v) is 11.3. The summed E-state index contributed by atoms with van der Waals surface area (Å²) in [7, 11) is 0. The Morgan fingerprint density at radius 1 is 1.14 bits per heavy atom. The zero-order chi connectivity index (χ0) is 14.7. The van der Waals surface area contributed by atoms with Crippen LogP contribution in [0.25, 0.3) is 22.3 Å². The highest BCUT2D eigenvalue weighted by atomic mass is 16.3. The van der Waals surface area contributed by atoms with Gasteiger partial charge in [-0.3, -0.25) is 4.79 Å². The molecule has 3 rings (SSSR count). The number of aliphatic hydroxyl groups excluding tert-OH is 1. The number of para-hydroxylation sites is 1. The molecule has 21 heavy (non-hydrogen) atoms. The molecule has 6 heteroatoms. The maximum Gasteiger partial charge on any atom is 0.274 e. The first-order chi connectivity index (χ1) is 10.3. The van der Waals surface area contributed by atoms with Gasteiger partial charge in [-0.05, 0) is 18.6 Å². The molecule has 0 saturated heterocycles. The lowest BCUT2D eigenvalue weighted by molar-refractivity contribution is 0.0946. The Morgan fingerprint density at radius 2 is 2.00 bits per heavy atom. The molecule has 1 amide bonds. The van der Waals surface area contributed by atoms with Crippen molar-refractivity contribution in [1.82, 2.24) is 20.5 Å². The summed E-state index contributed by atoms with van der Waals surface area (Å²) in [5.41, 5.74) is 2.06. The lowest BCUT2D eigenvalue weighted by atomic mass is 10.2. The number of hydrogen-bond acceptors (Lipinski definition) is 5. The normalized spacial score (nSPS) is 10.9. The molecule has 0 aliphatic carbocycles. The van der Waals surface area contributed by atoms with E-state index in [0.29, 0.717) is 24.4 Å². The van der Waals surface area contributed by atoms with Gasteiger partial charge >= 0.3 is 0 Å². The van der Waals surface area contributed by atoms with E-state index in [4.69, 9.17) is 5.11 Å². The molecule has 0 unspecified atom stereocenters. The molecule has 2 N–H and O–H groups in total. The third-order valence-electron chi connectivity index (χ3n) is 3.15. The van der Waals surface area contributed by atoms with Crippen molar-refractivity contribution in [1.29, 1.82) is 0 Å². The number of carbonyl (C=O) groups excluding carboxylic acids is 1. The Labute approximate surface area is 121 Å². The van der Waals surface area contributed by atoms with E-state index in [9.17, 15) is 4.79 Å². The van der Waals surface area contributed by atoms with Gasteiger partial charge in [-0.1, -0.05) is 24.3 Å². The molecule has 0 radical (unpaired) electrons. The standard InChI is InChI=1S/C15H14N4O2/c20-9-3-8-16-15(21)14-13-12(18-19-14)7-6-10-4-1-2-5-11(10)17-13/h1-2,4-7,20H,3,8-9H2,(H,16,21). The molecule has 0 atom stereocenters. The summed E-state index contributed by atoms with van der Waals surface area (Å²) in [6, 6.07) is 11.4. The van der Waals surface area contributed by atoms with Crippen LogP contribution < -0.4 is 5.32 Å². The fraction of sp³-hybridized carbons (Fsp3) is 0.200. The van der Waals surface area contributed by atoms with Gasteiger partial charge in [-0.25, -0.2) is 4.98 Å². The van der Waals surface area contributed by atoms with Gasteiger partial charge in [-0.15, -0.1) is 10.2 Å². The van der Waals surface area contributed by atoms with E-state index in [1.54, 1.807) is 0 Å². The van der Waals surface area contributed by atoms with E-state index < -0.39 is 0 Å². The quantitative estimate of drug-likeness (QED) is 0.703. The smallest absolute Gasteiger partial charge is 0.274 e. The molecule has 2 aliphatic rings. The van der Waals surface area contributed by atoms with Gasteiger partial charge in [0, 0.05) is 18.5 Å². The maximum absolute atomic E-state index is 12.1. The average Bonchev–Trinajstić information content (AvgIpc) is 2.80. The van der Waals surface area contributed by atoms with Crippen LogP contribution in [-0.4, -0.2) is 39.3 Å². The Hall–Kier alpha value is -2.60. The lowest BCUT2D eigenvalue weighted by Gasteiger charge is -2.01. The minimum Gasteiger partial charge on any atom is -0.396 e. The van der Waals surface area contributed by atoms with Gasteiger partial charge in [0.25, 0.3) is 5.91 Å². The van der Waals surface area contributed by atoms with E-state index in [1.165, 1.54) is 0 Å². The molecule has 1 aromatic rings. The number of carbonyl (C=O) groups is 1. The van der Waals surface area contributed by atoms with Crippen molar-refractivity contribution in [3.63, 3.8) is 0 Å². The topological polar surface area (TPSA) is 88.0 Å². The Balaban J connectivity index is 2.01. The Kier molecular flexibility index (Phi) is 3.70. The summed E-state index contributed by atoms with van der Waals surface area (Å²) in [5, 5.41) is 20.3. The summed E-state index contributed by atoms with van der Waals surface area (Å²) in [6.45, 7) is 0.426. The highest BCUT2D eigenvalue weighted by Crippen LogP contribution is 2.22. The minimum atomic E-state index is -0.325. The highest BCUT2D eigenvalue weighted by molar-refractivity contribution is 5.98. The first-order valence-corrected chi connectivity index (χ1v) is 6.71. The number of rotatable bonds is 4. The molecule has 6 nitrogen and oxygen atoms in total. The molecule has 2 heterocycles. The molecule has 0 bridgehead atoms. The summed E-state index contributed by atoms with van der Waals surface area (Å²) in [6.07, 6.45) is 0.502. The van der Waals surface area contributed by atoms with Crippen LogP contribution in [0.1, 0.15) is 16.9 Å². The van der Waals surface area contributed by atoms with Crippen LogP contribution in [-0.2, 0) is 0 Å².